The minimum Gasteiger partial charge on any atom is -0.490 e. The van der Waals surface area contributed by atoms with Gasteiger partial charge in [0, 0.05) is 22.1 Å². The molecule has 0 heterocycles. The van der Waals surface area contributed by atoms with Gasteiger partial charge in [0.25, 0.3) is 0 Å². The first-order valence-corrected chi connectivity index (χ1v) is 6.65. The van der Waals surface area contributed by atoms with Gasteiger partial charge in [0.2, 0.25) is 0 Å². The minimum absolute atomic E-state index is 0.0574. The molecule has 0 aliphatic rings. The zero-order valence-electron chi connectivity index (χ0n) is 9.98. The highest BCUT2D eigenvalue weighted by atomic mass is 35.5. The van der Waals surface area contributed by atoms with Gasteiger partial charge in [-0.2, -0.15) is 0 Å². The van der Waals surface area contributed by atoms with Crippen LogP contribution in [-0.2, 0) is 0 Å². The van der Waals surface area contributed by atoms with Crippen molar-refractivity contribution in [3.63, 3.8) is 0 Å². The van der Waals surface area contributed by atoms with Crippen LogP contribution in [0.3, 0.4) is 0 Å². The zero-order valence-corrected chi connectivity index (χ0v) is 11.6. The van der Waals surface area contributed by atoms with Gasteiger partial charge in [0.1, 0.15) is 5.82 Å². The first-order chi connectivity index (χ1) is 8.49. The number of nitrogens with zero attached hydrogens (tertiary/aromatic N) is 1. The van der Waals surface area contributed by atoms with Crippen LogP contribution in [0.15, 0.2) is 17.0 Å². The van der Waals surface area contributed by atoms with E-state index in [9.17, 15) is 14.5 Å². The van der Waals surface area contributed by atoms with Crippen molar-refractivity contribution in [2.75, 3.05) is 13.0 Å². The number of methoxy groups -OCH3 is 1. The van der Waals surface area contributed by atoms with Crippen LogP contribution in [-0.4, -0.2) is 23.2 Å². The van der Waals surface area contributed by atoms with Crippen LogP contribution in [0.4, 0.5) is 10.1 Å². The molecule has 0 aromatic heterocycles. The molecular formula is C11H13ClFNO3S. The van der Waals surface area contributed by atoms with E-state index in [0.717, 1.165) is 12.5 Å². The lowest BCUT2D eigenvalue weighted by molar-refractivity contribution is -0.386. The molecule has 0 spiro atoms. The van der Waals surface area contributed by atoms with Crippen molar-refractivity contribution in [3.05, 3.63) is 28.1 Å². The molecule has 0 amide bonds. The van der Waals surface area contributed by atoms with Crippen LogP contribution < -0.4 is 4.74 Å². The Bertz CT molecular complexity index is 445. The molecule has 0 radical (unpaired) electrons. The van der Waals surface area contributed by atoms with E-state index in [1.807, 2.05) is 6.92 Å². The summed E-state index contributed by atoms with van der Waals surface area (Å²) < 4.78 is 18.6. The fraction of sp³-hybridized carbons (Fsp3) is 0.455. The fourth-order valence-electron chi connectivity index (χ4n) is 1.35. The van der Waals surface area contributed by atoms with Gasteiger partial charge in [-0.3, -0.25) is 10.1 Å². The maximum Gasteiger partial charge on any atom is 0.313 e. The predicted octanol–water partition coefficient (Wildman–Crippen LogP) is 3.85. The summed E-state index contributed by atoms with van der Waals surface area (Å²) in [6, 6.07) is 2.23. The van der Waals surface area contributed by atoms with Gasteiger partial charge in [0.15, 0.2) is 5.75 Å². The van der Waals surface area contributed by atoms with Crippen LogP contribution in [0, 0.1) is 15.9 Å². The number of hydrogen-bond acceptors (Lipinski definition) is 4. The maximum absolute atomic E-state index is 13.7. The Labute approximate surface area is 114 Å². The summed E-state index contributed by atoms with van der Waals surface area (Å²) in [5, 5.41) is 10.8. The van der Waals surface area contributed by atoms with E-state index >= 15 is 0 Å². The van der Waals surface area contributed by atoms with Gasteiger partial charge in [-0.25, -0.2) is 4.39 Å². The topological polar surface area (TPSA) is 52.4 Å². The second-order valence-electron chi connectivity index (χ2n) is 3.62. The number of hydrogen-bond donors (Lipinski definition) is 0. The van der Waals surface area contributed by atoms with Gasteiger partial charge >= 0.3 is 5.69 Å². The summed E-state index contributed by atoms with van der Waals surface area (Å²) in [5.41, 5.74) is -0.371. The number of alkyl halides is 1. The van der Waals surface area contributed by atoms with Crippen molar-refractivity contribution in [3.8, 4) is 5.75 Å². The Balaban J connectivity index is 3.03. The molecular weight excluding hydrogens is 281 g/mol. The maximum atomic E-state index is 13.7. The van der Waals surface area contributed by atoms with Crippen molar-refractivity contribution in [1.82, 2.24) is 0 Å². The quantitative estimate of drug-likeness (QED) is 0.346. The summed E-state index contributed by atoms with van der Waals surface area (Å²) in [7, 11) is 1.32. The lowest BCUT2D eigenvalue weighted by Gasteiger charge is -2.11. The molecule has 0 fully saturated rings. The second kappa shape index (κ2) is 6.80. The molecule has 0 saturated carbocycles. The molecule has 1 aromatic rings. The van der Waals surface area contributed by atoms with Crippen LogP contribution in [0.1, 0.15) is 13.3 Å². The third-order valence-electron chi connectivity index (χ3n) is 2.27. The Kier molecular flexibility index (Phi) is 5.68. The van der Waals surface area contributed by atoms with E-state index in [-0.39, 0.29) is 16.7 Å². The summed E-state index contributed by atoms with van der Waals surface area (Å²) in [6.45, 7) is 1.92. The standard InChI is InChI=1S/C11H13ClFNO3S/c1-7(3-4-12)18-11-6-10(17-2)9(14(15)16)5-8(11)13/h5-7H,3-4H2,1-2H3. The molecule has 0 N–H and O–H groups in total. The Morgan fingerprint density at radius 2 is 2.28 bits per heavy atom. The van der Waals surface area contributed by atoms with Crippen molar-refractivity contribution in [2.45, 2.75) is 23.5 Å². The molecule has 1 unspecified atom stereocenters. The Morgan fingerprint density at radius 3 is 2.78 bits per heavy atom. The summed E-state index contributed by atoms with van der Waals surface area (Å²) in [6.07, 6.45) is 0.727. The number of rotatable bonds is 6. The van der Waals surface area contributed by atoms with Crippen molar-refractivity contribution in [2.24, 2.45) is 0 Å². The molecule has 1 atom stereocenters. The first kappa shape index (κ1) is 15.0. The van der Waals surface area contributed by atoms with Crippen molar-refractivity contribution in [1.29, 1.82) is 0 Å². The number of benzene rings is 1. The van der Waals surface area contributed by atoms with E-state index < -0.39 is 10.7 Å². The second-order valence-corrected chi connectivity index (χ2v) is 5.48. The van der Waals surface area contributed by atoms with E-state index in [0.29, 0.717) is 10.8 Å². The molecule has 7 heteroatoms. The molecule has 0 aliphatic heterocycles. The molecule has 1 aromatic carbocycles. The average molecular weight is 294 g/mol. The highest BCUT2D eigenvalue weighted by Crippen LogP contribution is 2.36. The largest absolute Gasteiger partial charge is 0.490 e. The minimum atomic E-state index is -0.668. The first-order valence-electron chi connectivity index (χ1n) is 5.24. The number of nitro benzene ring substituents is 1. The zero-order chi connectivity index (χ0) is 13.7. The molecule has 0 bridgehead atoms. The van der Waals surface area contributed by atoms with E-state index in [1.54, 1.807) is 0 Å². The number of nitro groups is 1. The Hall–Kier alpha value is -1.01. The highest BCUT2D eigenvalue weighted by Gasteiger charge is 2.20. The number of ether oxygens (including phenoxy) is 1. The van der Waals surface area contributed by atoms with Crippen molar-refractivity contribution >= 4 is 29.1 Å². The monoisotopic (exact) mass is 293 g/mol. The van der Waals surface area contributed by atoms with Crippen LogP contribution in [0.2, 0.25) is 0 Å². The SMILES string of the molecule is COc1cc(SC(C)CCCl)c(F)cc1[N+](=O)[O-]. The van der Waals surface area contributed by atoms with Crippen LogP contribution in [0.5, 0.6) is 5.75 Å². The lowest BCUT2D eigenvalue weighted by Crippen LogP contribution is -2.00. The van der Waals surface area contributed by atoms with Crippen LogP contribution in [0.25, 0.3) is 0 Å². The van der Waals surface area contributed by atoms with E-state index in [4.69, 9.17) is 16.3 Å². The van der Waals surface area contributed by atoms with E-state index in [1.165, 1.54) is 24.9 Å². The van der Waals surface area contributed by atoms with Crippen molar-refractivity contribution < 1.29 is 14.1 Å². The number of halogens is 2. The molecule has 0 saturated heterocycles. The molecule has 1 rings (SSSR count). The predicted molar refractivity (Wildman–Crippen MR) is 70.3 cm³/mol. The summed E-state index contributed by atoms with van der Waals surface area (Å²) in [4.78, 5) is 10.4. The van der Waals surface area contributed by atoms with Gasteiger partial charge in [-0.1, -0.05) is 6.92 Å². The smallest absolute Gasteiger partial charge is 0.313 e. The average Bonchev–Trinajstić information content (AvgIpc) is 2.31. The van der Waals surface area contributed by atoms with Gasteiger partial charge < -0.3 is 4.74 Å². The van der Waals surface area contributed by atoms with E-state index in [2.05, 4.69) is 0 Å². The lowest BCUT2D eigenvalue weighted by atomic mass is 10.3. The van der Waals surface area contributed by atoms with Gasteiger partial charge in [-0.15, -0.1) is 23.4 Å². The van der Waals surface area contributed by atoms with Gasteiger partial charge in [-0.05, 0) is 6.42 Å². The third kappa shape index (κ3) is 3.74. The molecule has 100 valence electrons. The van der Waals surface area contributed by atoms with Gasteiger partial charge in [0.05, 0.1) is 18.1 Å². The Morgan fingerprint density at radius 1 is 1.61 bits per heavy atom. The van der Waals surface area contributed by atoms with Crippen LogP contribution >= 0.6 is 23.4 Å². The molecule has 18 heavy (non-hydrogen) atoms. The molecule has 0 aliphatic carbocycles. The fourth-order valence-corrected chi connectivity index (χ4v) is 2.82. The molecule has 4 nitrogen and oxygen atoms in total. The third-order valence-corrected chi connectivity index (χ3v) is 3.70. The normalized spacial score (nSPS) is 12.2. The highest BCUT2D eigenvalue weighted by molar-refractivity contribution is 8.00. The summed E-state index contributed by atoms with van der Waals surface area (Å²) in [5.74, 6) is -0.0733. The number of thioether (sulfide) groups is 1. The summed E-state index contributed by atoms with van der Waals surface area (Å²) >= 11 is 6.89.